The summed E-state index contributed by atoms with van der Waals surface area (Å²) in [5.41, 5.74) is -0.511. The lowest BCUT2D eigenvalue weighted by molar-refractivity contribution is -0.120. The molecule has 1 saturated carbocycles. The van der Waals surface area contributed by atoms with Crippen LogP contribution in [0.2, 0.25) is 0 Å². The normalized spacial score (nSPS) is 18.7. The second-order valence-corrected chi connectivity index (χ2v) is 9.97. The van der Waals surface area contributed by atoms with E-state index >= 15 is 0 Å². The maximum absolute atomic E-state index is 13.1. The van der Waals surface area contributed by atoms with Crippen molar-refractivity contribution in [3.63, 3.8) is 0 Å². The topological polar surface area (TPSA) is 120 Å². The van der Waals surface area contributed by atoms with E-state index in [4.69, 9.17) is 4.74 Å². The molecule has 0 radical (unpaired) electrons. The van der Waals surface area contributed by atoms with Gasteiger partial charge in [-0.15, -0.1) is 0 Å². The molecule has 160 valence electrons. The van der Waals surface area contributed by atoms with Crippen LogP contribution < -0.4 is 10.9 Å². The number of sulfone groups is 1. The van der Waals surface area contributed by atoms with Crippen LogP contribution in [0, 0.1) is 5.92 Å². The number of hydrogen-bond donors (Lipinski definition) is 1. The largest absolute Gasteiger partial charge is 0.381 e. The maximum Gasteiger partial charge on any atom is 0.252 e. The third kappa shape index (κ3) is 4.59. The molecule has 9 nitrogen and oxygen atoms in total. The van der Waals surface area contributed by atoms with Crippen molar-refractivity contribution in [3.8, 4) is 0 Å². The predicted octanol–water partition coefficient (Wildman–Crippen LogP) is 1.57. The highest BCUT2D eigenvalue weighted by Crippen LogP contribution is 2.33. The average Bonchev–Trinajstić information content (AvgIpc) is 3.60. The van der Waals surface area contributed by atoms with E-state index < -0.39 is 26.7 Å². The lowest BCUT2D eigenvalue weighted by Gasteiger charge is -2.27. The van der Waals surface area contributed by atoms with Crippen LogP contribution in [-0.2, 0) is 19.4 Å². The minimum Gasteiger partial charge on any atom is -0.381 e. The number of nitrogens with one attached hydrogen (secondary N) is 1. The molecule has 0 spiro atoms. The van der Waals surface area contributed by atoms with Gasteiger partial charge in [-0.2, -0.15) is 0 Å². The Labute approximate surface area is 174 Å². The second kappa shape index (κ2) is 8.65. The molecule has 10 heteroatoms. The standard InChI is InChI=1S/C20H24N4O5S/c25-19-12-16(30(27,28)15-1-2-15)3-8-24(19)17(11-14-4-9-29-10-5-14)20(26)23-18-13-21-6-7-22-18/h3,6-8,12-15,17H,1-2,4-5,9-11H2,(H,22,23,26)/t17-/m1/s1. The van der Waals surface area contributed by atoms with Crippen LogP contribution in [0.4, 0.5) is 5.82 Å². The van der Waals surface area contributed by atoms with Gasteiger partial charge in [0.1, 0.15) is 6.04 Å². The van der Waals surface area contributed by atoms with Gasteiger partial charge in [0.05, 0.1) is 16.3 Å². The minimum absolute atomic E-state index is 0.0189. The first kappa shape index (κ1) is 20.7. The summed E-state index contributed by atoms with van der Waals surface area (Å²) < 4.78 is 31.6. The first-order valence-corrected chi connectivity index (χ1v) is 11.6. The number of amides is 1. The number of hydrogen-bond acceptors (Lipinski definition) is 7. The van der Waals surface area contributed by atoms with Crippen molar-refractivity contribution >= 4 is 21.6 Å². The zero-order valence-electron chi connectivity index (χ0n) is 16.4. The van der Waals surface area contributed by atoms with E-state index in [9.17, 15) is 18.0 Å². The molecule has 2 aliphatic rings. The molecule has 1 aliphatic heterocycles. The number of ether oxygens (including phenoxy) is 1. The zero-order chi connectivity index (χ0) is 21.1. The van der Waals surface area contributed by atoms with E-state index in [-0.39, 0.29) is 16.7 Å². The molecule has 2 aromatic heterocycles. The summed E-state index contributed by atoms with van der Waals surface area (Å²) in [6, 6.07) is 1.75. The van der Waals surface area contributed by atoms with Crippen LogP contribution >= 0.6 is 0 Å². The van der Waals surface area contributed by atoms with E-state index in [0.717, 1.165) is 18.9 Å². The van der Waals surface area contributed by atoms with Crippen molar-refractivity contribution in [3.05, 3.63) is 47.3 Å². The van der Waals surface area contributed by atoms with Crippen molar-refractivity contribution in [2.75, 3.05) is 18.5 Å². The Morgan fingerprint density at radius 1 is 1.23 bits per heavy atom. The summed E-state index contributed by atoms with van der Waals surface area (Å²) >= 11 is 0. The molecule has 1 saturated heterocycles. The van der Waals surface area contributed by atoms with Gasteiger partial charge in [0, 0.05) is 37.9 Å². The van der Waals surface area contributed by atoms with Crippen LogP contribution in [0.25, 0.3) is 0 Å². The maximum atomic E-state index is 13.1. The molecule has 1 aliphatic carbocycles. The quantitative estimate of drug-likeness (QED) is 0.705. The van der Waals surface area contributed by atoms with Crippen molar-refractivity contribution in [1.29, 1.82) is 0 Å². The van der Waals surface area contributed by atoms with Crippen molar-refractivity contribution in [2.24, 2.45) is 5.92 Å². The van der Waals surface area contributed by atoms with E-state index in [0.29, 0.717) is 38.3 Å². The van der Waals surface area contributed by atoms with Gasteiger partial charge in [-0.25, -0.2) is 13.4 Å². The summed E-state index contributed by atoms with van der Waals surface area (Å²) in [5, 5.41) is 2.31. The molecule has 30 heavy (non-hydrogen) atoms. The summed E-state index contributed by atoms with van der Waals surface area (Å²) in [5.74, 6) is 0.125. The van der Waals surface area contributed by atoms with Crippen LogP contribution in [0.1, 0.15) is 38.1 Å². The highest BCUT2D eigenvalue weighted by molar-refractivity contribution is 7.92. The highest BCUT2D eigenvalue weighted by atomic mass is 32.2. The summed E-state index contributed by atoms with van der Waals surface area (Å²) in [4.78, 5) is 33.9. The monoisotopic (exact) mass is 432 g/mol. The van der Waals surface area contributed by atoms with E-state index in [1.807, 2.05) is 0 Å². The lowest BCUT2D eigenvalue weighted by atomic mass is 9.92. The molecule has 1 atom stereocenters. The van der Waals surface area contributed by atoms with E-state index in [2.05, 4.69) is 15.3 Å². The number of aromatic nitrogens is 3. The Morgan fingerprint density at radius 3 is 2.63 bits per heavy atom. The second-order valence-electron chi connectivity index (χ2n) is 7.74. The van der Waals surface area contributed by atoms with Gasteiger partial charge < -0.3 is 14.6 Å². The van der Waals surface area contributed by atoms with Crippen LogP contribution in [0.3, 0.4) is 0 Å². The number of nitrogens with zero attached hydrogens (tertiary/aromatic N) is 3. The van der Waals surface area contributed by atoms with Gasteiger partial charge in [0.15, 0.2) is 15.7 Å². The smallest absolute Gasteiger partial charge is 0.252 e. The third-order valence-electron chi connectivity index (χ3n) is 5.56. The van der Waals surface area contributed by atoms with Gasteiger partial charge in [-0.3, -0.25) is 14.6 Å². The third-order valence-corrected chi connectivity index (χ3v) is 7.82. The Balaban J connectivity index is 1.62. The molecule has 0 unspecified atom stereocenters. The SMILES string of the molecule is O=C(Nc1cnccn1)[C@@H](CC1CCOCC1)n1ccc(S(=O)(=O)C2CC2)cc1=O. The molecule has 3 heterocycles. The van der Waals surface area contributed by atoms with Crippen molar-refractivity contribution in [2.45, 2.75) is 48.3 Å². The highest BCUT2D eigenvalue weighted by Gasteiger charge is 2.37. The van der Waals surface area contributed by atoms with Gasteiger partial charge in [0.25, 0.3) is 5.56 Å². The summed E-state index contributed by atoms with van der Waals surface area (Å²) in [7, 11) is -3.48. The average molecular weight is 433 g/mol. The number of carbonyl (C=O) groups excluding carboxylic acids is 1. The molecule has 0 aromatic carbocycles. The van der Waals surface area contributed by atoms with E-state index in [1.165, 1.54) is 35.4 Å². The molecule has 4 rings (SSSR count). The van der Waals surface area contributed by atoms with Crippen molar-refractivity contribution in [1.82, 2.24) is 14.5 Å². The molecule has 1 N–H and O–H groups in total. The fourth-order valence-electron chi connectivity index (χ4n) is 3.69. The lowest BCUT2D eigenvalue weighted by Crippen LogP contribution is -2.35. The van der Waals surface area contributed by atoms with Crippen LogP contribution in [-0.4, -0.2) is 47.3 Å². The summed E-state index contributed by atoms with van der Waals surface area (Å²) in [6.45, 7) is 1.24. The van der Waals surface area contributed by atoms with Crippen LogP contribution in [0.5, 0.6) is 0 Å². The first-order valence-electron chi connectivity index (χ1n) is 10.1. The van der Waals surface area contributed by atoms with E-state index in [1.54, 1.807) is 0 Å². The van der Waals surface area contributed by atoms with Crippen LogP contribution in [0.15, 0.2) is 46.6 Å². The molecule has 2 aromatic rings. The molecule has 1 amide bonds. The Hall–Kier alpha value is -2.59. The van der Waals surface area contributed by atoms with Gasteiger partial charge >= 0.3 is 0 Å². The zero-order valence-corrected chi connectivity index (χ0v) is 17.3. The fourth-order valence-corrected chi connectivity index (χ4v) is 5.35. The Kier molecular flexibility index (Phi) is 5.96. The molecule has 0 bridgehead atoms. The molecular formula is C20H24N4O5S. The van der Waals surface area contributed by atoms with Gasteiger partial charge in [0.2, 0.25) is 5.91 Å². The predicted molar refractivity (Wildman–Crippen MR) is 109 cm³/mol. The van der Waals surface area contributed by atoms with Gasteiger partial charge in [-0.1, -0.05) is 0 Å². The van der Waals surface area contributed by atoms with Crippen molar-refractivity contribution < 1.29 is 17.9 Å². The summed E-state index contributed by atoms with van der Waals surface area (Å²) in [6.07, 6.45) is 9.11. The number of anilines is 1. The number of pyridine rings is 1. The number of rotatable bonds is 7. The Morgan fingerprint density at radius 2 is 2.00 bits per heavy atom. The van der Waals surface area contributed by atoms with Gasteiger partial charge in [-0.05, 0) is 44.1 Å². The molecule has 2 fully saturated rings. The minimum atomic E-state index is -3.48. The first-order chi connectivity index (χ1) is 14.4. The Bertz CT molecular complexity index is 1060. The fraction of sp³-hybridized carbons (Fsp3) is 0.500. The molecular weight excluding hydrogens is 408 g/mol. The number of carbonyl (C=O) groups is 1.